The van der Waals surface area contributed by atoms with Crippen LogP contribution in [0.25, 0.3) is 0 Å². The maximum atomic E-state index is 10.7. The fraction of sp³-hybridized carbons (Fsp3) is 0.600. The molecule has 7 heteroatoms. The van der Waals surface area contributed by atoms with Crippen LogP contribution >= 0.6 is 0 Å². The van der Waals surface area contributed by atoms with Crippen LogP contribution in [0.2, 0.25) is 0 Å². The predicted octanol–water partition coefficient (Wildman–Crippen LogP) is -1.20. The zero-order chi connectivity index (χ0) is 9.72. The molecule has 0 unspecified atom stereocenters. The molecule has 70 valence electrons. The van der Waals surface area contributed by atoms with Crippen molar-refractivity contribution in [1.29, 1.82) is 0 Å². The van der Waals surface area contributed by atoms with Crippen molar-refractivity contribution in [2.75, 3.05) is 5.75 Å². The molecule has 0 saturated heterocycles. The van der Waals surface area contributed by atoms with Gasteiger partial charge < -0.3 is 10.2 Å². The van der Waals surface area contributed by atoms with Gasteiger partial charge in [-0.3, -0.25) is 9.59 Å². The van der Waals surface area contributed by atoms with Gasteiger partial charge in [0, 0.05) is 0 Å². The summed E-state index contributed by atoms with van der Waals surface area (Å²) >= 11 is 0. The van der Waals surface area contributed by atoms with Gasteiger partial charge in [0.15, 0.2) is 0 Å². The van der Waals surface area contributed by atoms with E-state index >= 15 is 0 Å². The van der Waals surface area contributed by atoms with Gasteiger partial charge in [-0.1, -0.05) is 0 Å². The van der Waals surface area contributed by atoms with Crippen LogP contribution < -0.4 is 4.72 Å². The van der Waals surface area contributed by atoms with Crippen molar-refractivity contribution in [2.45, 2.75) is 13.0 Å². The smallest absolute Gasteiger partial charge is 0.321 e. The Balaban J connectivity index is 3.85. The van der Waals surface area contributed by atoms with Crippen LogP contribution in [0.15, 0.2) is 0 Å². The lowest BCUT2D eigenvalue weighted by Gasteiger charge is -2.05. The van der Waals surface area contributed by atoms with E-state index in [0.717, 1.165) is 0 Å². The highest BCUT2D eigenvalue weighted by atomic mass is 32.2. The SMILES string of the molecule is C[C@@H](N[S@@](=O)CC(=O)O)C(=O)O. The summed E-state index contributed by atoms with van der Waals surface area (Å²) in [5, 5.41) is 16.5. The molecule has 2 atom stereocenters. The summed E-state index contributed by atoms with van der Waals surface area (Å²) in [4.78, 5) is 20.2. The highest BCUT2D eigenvalue weighted by Crippen LogP contribution is 1.84. The van der Waals surface area contributed by atoms with Crippen LogP contribution in [0.3, 0.4) is 0 Å². The Bertz CT molecular complexity index is 216. The van der Waals surface area contributed by atoms with Gasteiger partial charge >= 0.3 is 11.9 Å². The van der Waals surface area contributed by atoms with Crippen LogP contribution in [0, 0.1) is 0 Å². The van der Waals surface area contributed by atoms with E-state index in [0.29, 0.717) is 0 Å². The van der Waals surface area contributed by atoms with Gasteiger partial charge in [0.05, 0.1) is 0 Å². The molecule has 3 N–H and O–H groups in total. The van der Waals surface area contributed by atoms with Crippen LogP contribution in [-0.4, -0.2) is 38.2 Å². The van der Waals surface area contributed by atoms with E-state index in [1.54, 1.807) is 0 Å². The van der Waals surface area contributed by atoms with Crippen molar-refractivity contribution in [2.24, 2.45) is 0 Å². The summed E-state index contributed by atoms with van der Waals surface area (Å²) in [6.45, 7) is 1.28. The molecular formula is C5H9NO5S. The lowest BCUT2D eigenvalue weighted by atomic mass is 10.4. The van der Waals surface area contributed by atoms with Crippen LogP contribution in [-0.2, 0) is 20.6 Å². The van der Waals surface area contributed by atoms with Gasteiger partial charge in [-0.2, -0.15) is 0 Å². The van der Waals surface area contributed by atoms with Crippen LogP contribution in [0.1, 0.15) is 6.92 Å². The van der Waals surface area contributed by atoms with Crippen molar-refractivity contribution in [1.82, 2.24) is 4.72 Å². The molecule has 0 aromatic carbocycles. The molecule has 0 saturated carbocycles. The van der Waals surface area contributed by atoms with Gasteiger partial charge in [-0.05, 0) is 6.92 Å². The Kier molecular flexibility index (Phi) is 4.45. The van der Waals surface area contributed by atoms with Crippen molar-refractivity contribution in [3.8, 4) is 0 Å². The molecule has 0 amide bonds. The molecule has 0 aromatic rings. The second-order valence-corrected chi connectivity index (χ2v) is 3.28. The Hall–Kier alpha value is -0.950. The van der Waals surface area contributed by atoms with Gasteiger partial charge in [0.2, 0.25) is 0 Å². The van der Waals surface area contributed by atoms with Gasteiger partial charge in [-0.25, -0.2) is 8.93 Å². The fourth-order valence-electron chi connectivity index (χ4n) is 0.401. The van der Waals surface area contributed by atoms with Crippen molar-refractivity contribution in [3.05, 3.63) is 0 Å². The Morgan fingerprint density at radius 2 is 2.00 bits per heavy atom. The first-order valence-corrected chi connectivity index (χ1v) is 4.34. The Labute approximate surface area is 71.2 Å². The number of hydrogen-bond donors (Lipinski definition) is 3. The van der Waals surface area contributed by atoms with Crippen molar-refractivity contribution < 1.29 is 24.0 Å². The number of nitrogens with one attached hydrogen (secondary N) is 1. The maximum Gasteiger partial charge on any atom is 0.321 e. The summed E-state index contributed by atoms with van der Waals surface area (Å²) in [5.74, 6) is -3.01. The zero-order valence-corrected chi connectivity index (χ0v) is 7.13. The maximum absolute atomic E-state index is 10.7. The summed E-state index contributed by atoms with van der Waals surface area (Å²) in [7, 11) is -1.83. The summed E-state index contributed by atoms with van der Waals surface area (Å²) in [5.41, 5.74) is 0. The third-order valence-corrected chi connectivity index (χ3v) is 2.06. The highest BCUT2D eigenvalue weighted by molar-refractivity contribution is 7.83. The predicted molar refractivity (Wildman–Crippen MR) is 40.9 cm³/mol. The molecule has 0 aliphatic heterocycles. The van der Waals surface area contributed by atoms with Crippen molar-refractivity contribution in [3.63, 3.8) is 0 Å². The van der Waals surface area contributed by atoms with E-state index in [-0.39, 0.29) is 0 Å². The summed E-state index contributed by atoms with van der Waals surface area (Å²) in [6, 6.07) is -1.01. The van der Waals surface area contributed by atoms with E-state index in [4.69, 9.17) is 10.2 Å². The molecule has 0 aliphatic carbocycles. The molecule has 0 rings (SSSR count). The van der Waals surface area contributed by atoms with E-state index in [9.17, 15) is 13.8 Å². The van der Waals surface area contributed by atoms with Crippen LogP contribution in [0.4, 0.5) is 0 Å². The second-order valence-electron chi connectivity index (χ2n) is 2.06. The first kappa shape index (κ1) is 11.1. The number of carboxylic acid groups (broad SMARTS) is 2. The minimum atomic E-state index is -1.83. The lowest BCUT2D eigenvalue weighted by molar-refractivity contribution is -0.138. The summed E-state index contributed by atoms with van der Waals surface area (Å²) < 4.78 is 12.8. The van der Waals surface area contributed by atoms with Crippen LogP contribution in [0.5, 0.6) is 0 Å². The number of carboxylic acids is 2. The Morgan fingerprint density at radius 1 is 1.50 bits per heavy atom. The highest BCUT2D eigenvalue weighted by Gasteiger charge is 2.14. The first-order chi connectivity index (χ1) is 5.43. The molecule has 6 nitrogen and oxygen atoms in total. The average Bonchev–Trinajstić information content (AvgIpc) is 1.84. The number of rotatable bonds is 5. The van der Waals surface area contributed by atoms with E-state index in [1.807, 2.05) is 0 Å². The standard InChI is InChI=1S/C5H9NO5S/c1-3(5(9)10)6-12(11)2-4(7)8/h3,6H,2H2,1H3,(H,7,8)(H,9,10)/t3-,12+/m1/s1. The summed E-state index contributed by atoms with van der Waals surface area (Å²) in [6.07, 6.45) is 0. The third kappa shape index (κ3) is 4.80. The van der Waals surface area contributed by atoms with Crippen molar-refractivity contribution >= 4 is 22.9 Å². The fourth-order valence-corrected chi connectivity index (χ4v) is 1.20. The number of aliphatic carboxylic acids is 2. The molecular weight excluding hydrogens is 186 g/mol. The molecule has 0 heterocycles. The lowest BCUT2D eigenvalue weighted by Crippen LogP contribution is -2.37. The second kappa shape index (κ2) is 4.83. The zero-order valence-electron chi connectivity index (χ0n) is 6.31. The molecule has 0 aliphatic rings. The van der Waals surface area contributed by atoms with E-state index < -0.39 is 34.7 Å². The largest absolute Gasteiger partial charge is 0.481 e. The quantitative estimate of drug-likeness (QED) is 0.511. The molecule has 0 spiro atoms. The number of carbonyl (C=O) groups is 2. The Morgan fingerprint density at radius 3 is 2.33 bits per heavy atom. The molecule has 12 heavy (non-hydrogen) atoms. The average molecular weight is 195 g/mol. The first-order valence-electron chi connectivity index (χ1n) is 3.02. The van der Waals surface area contributed by atoms with E-state index in [2.05, 4.69) is 4.72 Å². The molecule has 0 fully saturated rings. The topological polar surface area (TPSA) is 104 Å². The monoisotopic (exact) mass is 195 g/mol. The van der Waals surface area contributed by atoms with Gasteiger partial charge in [0.25, 0.3) is 0 Å². The van der Waals surface area contributed by atoms with E-state index in [1.165, 1.54) is 6.92 Å². The number of hydrogen-bond acceptors (Lipinski definition) is 3. The third-order valence-electron chi connectivity index (χ3n) is 0.933. The normalized spacial score (nSPS) is 15.1. The minimum absolute atomic E-state index is 0.600. The molecule has 0 radical (unpaired) electrons. The molecule has 0 bridgehead atoms. The molecule has 0 aromatic heterocycles. The van der Waals surface area contributed by atoms with Gasteiger partial charge in [0.1, 0.15) is 22.8 Å². The minimum Gasteiger partial charge on any atom is -0.481 e. The van der Waals surface area contributed by atoms with Gasteiger partial charge in [-0.15, -0.1) is 0 Å².